The number of hydrogen-bond acceptors (Lipinski definition) is 4. The molecule has 0 atom stereocenters. The molecule has 0 fully saturated rings. The Morgan fingerprint density at radius 3 is 3.00 bits per heavy atom. The van der Waals surface area contributed by atoms with Crippen molar-refractivity contribution in [2.45, 2.75) is 31.4 Å². The van der Waals surface area contributed by atoms with Gasteiger partial charge in [0.15, 0.2) is 0 Å². The molecular formula is C13H21ClN2OS. The van der Waals surface area contributed by atoms with E-state index >= 15 is 0 Å². The summed E-state index contributed by atoms with van der Waals surface area (Å²) in [6.45, 7) is 6.88. The van der Waals surface area contributed by atoms with E-state index in [1.807, 2.05) is 12.1 Å². The normalized spacial score (nSPS) is 11.1. The summed E-state index contributed by atoms with van der Waals surface area (Å²) < 4.78 is 5.46. The van der Waals surface area contributed by atoms with Gasteiger partial charge < -0.3 is 10.1 Å². The molecule has 0 unspecified atom stereocenters. The van der Waals surface area contributed by atoms with Gasteiger partial charge in [-0.3, -0.25) is 0 Å². The number of halogens is 1. The molecule has 1 rings (SSSR count). The van der Waals surface area contributed by atoms with Crippen molar-refractivity contribution in [1.29, 1.82) is 0 Å². The zero-order valence-electron chi connectivity index (χ0n) is 11.0. The van der Waals surface area contributed by atoms with Crippen molar-refractivity contribution in [3.8, 4) is 0 Å². The number of pyridine rings is 1. The maximum Gasteiger partial charge on any atom is 0.115 e. The smallest absolute Gasteiger partial charge is 0.115 e. The Labute approximate surface area is 119 Å². The molecule has 1 N–H and O–H groups in total. The average molecular weight is 289 g/mol. The van der Waals surface area contributed by atoms with Gasteiger partial charge in [0, 0.05) is 25.1 Å². The van der Waals surface area contributed by atoms with Crippen molar-refractivity contribution in [2.75, 3.05) is 25.4 Å². The van der Waals surface area contributed by atoms with E-state index in [0.717, 1.165) is 41.9 Å². The Kier molecular flexibility index (Phi) is 8.42. The number of ether oxygens (including phenoxy) is 1. The number of rotatable bonds is 9. The topological polar surface area (TPSA) is 34.1 Å². The second kappa shape index (κ2) is 9.62. The summed E-state index contributed by atoms with van der Waals surface area (Å²) in [6.07, 6.45) is 3.14. The maximum absolute atomic E-state index is 6.01. The lowest BCUT2D eigenvalue weighted by molar-refractivity contribution is 0.0772. The lowest BCUT2D eigenvalue weighted by Gasteiger charge is -2.08. The second-order valence-electron chi connectivity index (χ2n) is 4.16. The van der Waals surface area contributed by atoms with Crippen LogP contribution in [0.1, 0.15) is 20.3 Å². The van der Waals surface area contributed by atoms with Crippen molar-refractivity contribution < 1.29 is 4.74 Å². The third-order valence-electron chi connectivity index (χ3n) is 2.19. The van der Waals surface area contributed by atoms with E-state index in [1.54, 1.807) is 18.0 Å². The Balaban J connectivity index is 1.98. The molecule has 0 saturated carbocycles. The van der Waals surface area contributed by atoms with Crippen LogP contribution in [0.15, 0.2) is 23.4 Å². The first kappa shape index (κ1) is 15.8. The molecule has 0 radical (unpaired) electrons. The summed E-state index contributed by atoms with van der Waals surface area (Å²) in [4.78, 5) is 4.23. The maximum atomic E-state index is 6.01. The minimum Gasteiger partial charge on any atom is -0.379 e. The summed E-state index contributed by atoms with van der Waals surface area (Å²) >= 11 is 7.69. The van der Waals surface area contributed by atoms with Gasteiger partial charge >= 0.3 is 0 Å². The minimum absolute atomic E-state index is 0.326. The number of nitrogens with one attached hydrogen (secondary N) is 1. The molecule has 3 nitrogen and oxygen atoms in total. The molecule has 0 aliphatic heterocycles. The fourth-order valence-electron chi connectivity index (χ4n) is 1.34. The first-order valence-corrected chi connectivity index (χ1v) is 7.62. The van der Waals surface area contributed by atoms with Gasteiger partial charge in [0.1, 0.15) is 5.03 Å². The van der Waals surface area contributed by atoms with Gasteiger partial charge in [-0.05, 0) is 38.9 Å². The SMILES string of the molecule is CC(C)OCCCNCCSc1ncccc1Cl. The summed E-state index contributed by atoms with van der Waals surface area (Å²) in [6, 6.07) is 3.72. The zero-order valence-corrected chi connectivity index (χ0v) is 12.6. The molecule has 1 aromatic heterocycles. The van der Waals surface area contributed by atoms with E-state index in [-0.39, 0.29) is 0 Å². The minimum atomic E-state index is 0.326. The van der Waals surface area contributed by atoms with E-state index in [1.165, 1.54) is 0 Å². The molecule has 0 spiro atoms. The number of aromatic nitrogens is 1. The monoisotopic (exact) mass is 288 g/mol. The highest BCUT2D eigenvalue weighted by atomic mass is 35.5. The Bertz CT molecular complexity index is 337. The van der Waals surface area contributed by atoms with Gasteiger partial charge in [-0.15, -0.1) is 11.8 Å². The third-order valence-corrected chi connectivity index (χ3v) is 3.62. The number of thioether (sulfide) groups is 1. The highest BCUT2D eigenvalue weighted by Gasteiger charge is 2.00. The Hall–Kier alpha value is -0.290. The van der Waals surface area contributed by atoms with Gasteiger partial charge in [0.25, 0.3) is 0 Å². The van der Waals surface area contributed by atoms with Crippen LogP contribution >= 0.6 is 23.4 Å². The van der Waals surface area contributed by atoms with Gasteiger partial charge in [0.2, 0.25) is 0 Å². The first-order chi connectivity index (χ1) is 8.70. The predicted octanol–water partition coefficient (Wildman–Crippen LogP) is 3.23. The zero-order chi connectivity index (χ0) is 13.2. The molecule has 0 aliphatic rings. The van der Waals surface area contributed by atoms with Crippen LogP contribution in [0.4, 0.5) is 0 Å². The number of nitrogens with zero attached hydrogens (tertiary/aromatic N) is 1. The molecule has 0 aromatic carbocycles. The lowest BCUT2D eigenvalue weighted by atomic mass is 10.4. The highest BCUT2D eigenvalue weighted by molar-refractivity contribution is 7.99. The molecule has 1 heterocycles. The van der Waals surface area contributed by atoms with E-state index in [4.69, 9.17) is 16.3 Å². The second-order valence-corrected chi connectivity index (χ2v) is 5.65. The van der Waals surface area contributed by atoms with Gasteiger partial charge in [0.05, 0.1) is 11.1 Å². The number of hydrogen-bond donors (Lipinski definition) is 1. The molecular weight excluding hydrogens is 268 g/mol. The van der Waals surface area contributed by atoms with Crippen LogP contribution in [-0.4, -0.2) is 36.5 Å². The van der Waals surface area contributed by atoms with Crippen LogP contribution in [0, 0.1) is 0 Å². The molecule has 0 saturated heterocycles. The van der Waals surface area contributed by atoms with Gasteiger partial charge in [-0.1, -0.05) is 11.6 Å². The summed E-state index contributed by atoms with van der Waals surface area (Å²) in [5.41, 5.74) is 0. The fourth-order valence-corrected chi connectivity index (χ4v) is 2.40. The fraction of sp³-hybridized carbons (Fsp3) is 0.615. The van der Waals surface area contributed by atoms with Crippen LogP contribution in [0.3, 0.4) is 0 Å². The van der Waals surface area contributed by atoms with Gasteiger partial charge in [-0.2, -0.15) is 0 Å². The van der Waals surface area contributed by atoms with Crippen molar-refractivity contribution in [3.63, 3.8) is 0 Å². The first-order valence-electron chi connectivity index (χ1n) is 6.26. The average Bonchev–Trinajstić information content (AvgIpc) is 2.34. The van der Waals surface area contributed by atoms with Crippen molar-refractivity contribution in [2.24, 2.45) is 0 Å². The largest absolute Gasteiger partial charge is 0.379 e. The van der Waals surface area contributed by atoms with Crippen molar-refractivity contribution >= 4 is 23.4 Å². The predicted molar refractivity (Wildman–Crippen MR) is 78.5 cm³/mol. The Morgan fingerprint density at radius 2 is 2.28 bits per heavy atom. The summed E-state index contributed by atoms with van der Waals surface area (Å²) in [7, 11) is 0. The molecule has 5 heteroatoms. The summed E-state index contributed by atoms with van der Waals surface area (Å²) in [5.74, 6) is 0.974. The van der Waals surface area contributed by atoms with E-state index in [2.05, 4.69) is 24.1 Å². The molecule has 0 amide bonds. The van der Waals surface area contributed by atoms with Gasteiger partial charge in [-0.25, -0.2) is 4.98 Å². The lowest BCUT2D eigenvalue weighted by Crippen LogP contribution is -2.20. The third kappa shape index (κ3) is 7.21. The Morgan fingerprint density at radius 1 is 1.44 bits per heavy atom. The standard InChI is InChI=1S/C13H21ClN2OS/c1-11(2)17-9-4-6-15-8-10-18-13-12(14)5-3-7-16-13/h3,5,7,11,15H,4,6,8-10H2,1-2H3. The van der Waals surface area contributed by atoms with Crippen LogP contribution in [0.5, 0.6) is 0 Å². The van der Waals surface area contributed by atoms with E-state index in [9.17, 15) is 0 Å². The molecule has 0 aliphatic carbocycles. The van der Waals surface area contributed by atoms with E-state index in [0.29, 0.717) is 6.10 Å². The summed E-state index contributed by atoms with van der Waals surface area (Å²) in [5, 5.41) is 5.01. The highest BCUT2D eigenvalue weighted by Crippen LogP contribution is 2.23. The molecule has 0 bridgehead atoms. The van der Waals surface area contributed by atoms with Crippen molar-refractivity contribution in [3.05, 3.63) is 23.4 Å². The van der Waals surface area contributed by atoms with Crippen LogP contribution < -0.4 is 5.32 Å². The van der Waals surface area contributed by atoms with E-state index < -0.39 is 0 Å². The molecule has 18 heavy (non-hydrogen) atoms. The quantitative estimate of drug-likeness (QED) is 0.559. The van der Waals surface area contributed by atoms with Crippen LogP contribution in [0.25, 0.3) is 0 Å². The molecule has 102 valence electrons. The van der Waals surface area contributed by atoms with Crippen molar-refractivity contribution in [1.82, 2.24) is 10.3 Å². The molecule has 1 aromatic rings. The van der Waals surface area contributed by atoms with Crippen LogP contribution in [-0.2, 0) is 4.74 Å². The van der Waals surface area contributed by atoms with Crippen LogP contribution in [0.2, 0.25) is 5.02 Å².